The Morgan fingerprint density at radius 1 is 1.08 bits per heavy atom. The van der Waals surface area contributed by atoms with Crippen LogP contribution in [0.1, 0.15) is 16.5 Å². The smallest absolute Gasteiger partial charge is 0.266 e. The molecule has 2 aromatic carbocycles. The molecule has 0 aliphatic rings. The molecule has 3 N–H and O–H groups in total. The monoisotopic (exact) mass is 376 g/mol. The van der Waals surface area contributed by atoms with E-state index in [1.165, 1.54) is 16.8 Å². The Morgan fingerprint density at radius 2 is 1.76 bits per heavy atom. The standard InChI is InChI=1S/C17H16N2O4S2/c20-17(18-21)16(12-6-2-1-3-7-12)19-25(22,23)11-14-10-13-8-4-5-9-15(13)24-14/h1-10,16,19,21H,11H2,(H,18,20)/t16-/m1/s1. The van der Waals surface area contributed by atoms with Crippen molar-refractivity contribution in [1.82, 2.24) is 10.2 Å². The van der Waals surface area contributed by atoms with Gasteiger partial charge in [0.25, 0.3) is 5.91 Å². The van der Waals surface area contributed by atoms with Crippen molar-refractivity contribution in [3.8, 4) is 0 Å². The quantitative estimate of drug-likeness (QED) is 0.455. The van der Waals surface area contributed by atoms with Gasteiger partial charge in [-0.2, -0.15) is 4.72 Å². The molecule has 0 saturated heterocycles. The van der Waals surface area contributed by atoms with E-state index in [1.54, 1.807) is 30.3 Å². The molecule has 3 aromatic rings. The van der Waals surface area contributed by atoms with Crippen LogP contribution in [0.15, 0.2) is 60.7 Å². The number of hydrogen-bond acceptors (Lipinski definition) is 5. The van der Waals surface area contributed by atoms with Crippen LogP contribution in [0.3, 0.4) is 0 Å². The summed E-state index contributed by atoms with van der Waals surface area (Å²) in [6.45, 7) is 0. The number of carbonyl (C=O) groups is 1. The number of sulfonamides is 1. The summed E-state index contributed by atoms with van der Waals surface area (Å²) in [4.78, 5) is 12.6. The number of rotatable bonds is 6. The predicted molar refractivity (Wildman–Crippen MR) is 96.7 cm³/mol. The van der Waals surface area contributed by atoms with Gasteiger partial charge in [0.2, 0.25) is 10.0 Å². The Hall–Kier alpha value is -2.26. The number of carbonyl (C=O) groups excluding carboxylic acids is 1. The summed E-state index contributed by atoms with van der Waals surface area (Å²) in [6.07, 6.45) is 0. The second-order valence-corrected chi connectivity index (χ2v) is 8.37. The van der Waals surface area contributed by atoms with Crippen molar-refractivity contribution in [2.45, 2.75) is 11.8 Å². The lowest BCUT2D eigenvalue weighted by Crippen LogP contribution is -2.39. The van der Waals surface area contributed by atoms with Gasteiger partial charge in [-0.15, -0.1) is 11.3 Å². The fourth-order valence-corrected chi connectivity index (χ4v) is 5.20. The zero-order valence-electron chi connectivity index (χ0n) is 13.0. The lowest BCUT2D eigenvalue weighted by molar-refractivity contribution is -0.131. The highest BCUT2D eigenvalue weighted by molar-refractivity contribution is 7.88. The van der Waals surface area contributed by atoms with Crippen LogP contribution in [0.25, 0.3) is 10.1 Å². The summed E-state index contributed by atoms with van der Waals surface area (Å²) < 4.78 is 28.4. The SMILES string of the molecule is O=C(NO)[C@H](NS(=O)(=O)Cc1cc2ccccc2s1)c1ccccc1. The number of thiophene rings is 1. The summed E-state index contributed by atoms with van der Waals surface area (Å²) in [5, 5.41) is 9.89. The lowest BCUT2D eigenvalue weighted by Gasteiger charge is -2.17. The van der Waals surface area contributed by atoms with Gasteiger partial charge in [0, 0.05) is 9.58 Å². The zero-order valence-corrected chi connectivity index (χ0v) is 14.7. The molecule has 8 heteroatoms. The van der Waals surface area contributed by atoms with Crippen LogP contribution < -0.4 is 10.2 Å². The number of benzene rings is 2. The number of nitrogens with one attached hydrogen (secondary N) is 2. The molecule has 1 heterocycles. The summed E-state index contributed by atoms with van der Waals surface area (Å²) in [7, 11) is -3.80. The highest BCUT2D eigenvalue weighted by Gasteiger charge is 2.26. The Balaban J connectivity index is 1.84. The van der Waals surface area contributed by atoms with E-state index in [4.69, 9.17) is 5.21 Å². The summed E-state index contributed by atoms with van der Waals surface area (Å²) in [5.74, 6) is -1.08. The molecule has 0 radical (unpaired) electrons. The van der Waals surface area contributed by atoms with Crippen LogP contribution in [0.5, 0.6) is 0 Å². The molecule has 0 saturated carbocycles. The summed E-state index contributed by atoms with van der Waals surface area (Å²) >= 11 is 1.39. The molecular weight excluding hydrogens is 360 g/mol. The van der Waals surface area contributed by atoms with E-state index in [1.807, 2.05) is 30.3 Å². The van der Waals surface area contributed by atoms with Gasteiger partial charge in [0.15, 0.2) is 0 Å². The molecule has 130 valence electrons. The Kier molecular flexibility index (Phi) is 5.14. The van der Waals surface area contributed by atoms with Crippen molar-refractivity contribution in [2.75, 3.05) is 0 Å². The predicted octanol–water partition coefficient (Wildman–Crippen LogP) is 2.57. The molecule has 3 rings (SSSR count). The minimum Gasteiger partial charge on any atom is -0.289 e. The van der Waals surface area contributed by atoms with Crippen molar-refractivity contribution in [2.24, 2.45) is 0 Å². The van der Waals surface area contributed by atoms with E-state index >= 15 is 0 Å². The average molecular weight is 376 g/mol. The van der Waals surface area contributed by atoms with Gasteiger partial charge in [-0.05, 0) is 23.1 Å². The third-order valence-electron chi connectivity index (χ3n) is 3.61. The number of hydrogen-bond donors (Lipinski definition) is 3. The van der Waals surface area contributed by atoms with Crippen molar-refractivity contribution in [3.63, 3.8) is 0 Å². The van der Waals surface area contributed by atoms with Gasteiger partial charge in [0.05, 0.1) is 5.75 Å². The first kappa shape index (κ1) is 17.6. The second-order valence-electron chi connectivity index (χ2n) is 5.45. The number of hydroxylamine groups is 1. The minimum atomic E-state index is -3.80. The van der Waals surface area contributed by atoms with Crippen molar-refractivity contribution in [3.05, 3.63) is 71.1 Å². The molecular formula is C17H16N2O4S2. The number of fused-ring (bicyclic) bond motifs is 1. The van der Waals surface area contributed by atoms with E-state index in [-0.39, 0.29) is 5.75 Å². The van der Waals surface area contributed by atoms with Gasteiger partial charge < -0.3 is 0 Å². The third-order valence-corrected chi connectivity index (χ3v) is 6.20. The maximum atomic E-state index is 12.5. The Labute approximate surface area is 149 Å². The first-order valence-electron chi connectivity index (χ1n) is 7.45. The van der Waals surface area contributed by atoms with Crippen LogP contribution >= 0.6 is 11.3 Å². The Bertz CT molecular complexity index is 951. The lowest BCUT2D eigenvalue weighted by atomic mass is 10.1. The van der Waals surface area contributed by atoms with E-state index in [9.17, 15) is 13.2 Å². The third kappa shape index (κ3) is 4.23. The van der Waals surface area contributed by atoms with Gasteiger partial charge in [-0.3, -0.25) is 10.0 Å². The first-order chi connectivity index (χ1) is 12.0. The highest BCUT2D eigenvalue weighted by atomic mass is 32.2. The maximum Gasteiger partial charge on any atom is 0.266 e. The van der Waals surface area contributed by atoms with E-state index < -0.39 is 22.0 Å². The number of amides is 1. The maximum absolute atomic E-state index is 12.5. The molecule has 1 amide bonds. The van der Waals surface area contributed by atoms with Crippen LogP contribution in [0.2, 0.25) is 0 Å². The van der Waals surface area contributed by atoms with Gasteiger partial charge in [0.1, 0.15) is 6.04 Å². The molecule has 0 aliphatic carbocycles. The average Bonchev–Trinajstić information content (AvgIpc) is 3.01. The molecule has 0 unspecified atom stereocenters. The fraction of sp³-hybridized carbons (Fsp3) is 0.118. The largest absolute Gasteiger partial charge is 0.289 e. The van der Waals surface area contributed by atoms with Gasteiger partial charge in [-0.25, -0.2) is 13.9 Å². The molecule has 1 atom stereocenters. The van der Waals surface area contributed by atoms with E-state index in [0.29, 0.717) is 10.4 Å². The van der Waals surface area contributed by atoms with E-state index in [0.717, 1.165) is 10.1 Å². The minimum absolute atomic E-state index is 0.242. The Morgan fingerprint density at radius 3 is 2.44 bits per heavy atom. The highest BCUT2D eigenvalue weighted by Crippen LogP contribution is 2.27. The van der Waals surface area contributed by atoms with E-state index in [2.05, 4.69) is 4.72 Å². The summed E-state index contributed by atoms with van der Waals surface area (Å²) in [6, 6.07) is 16.6. The molecule has 0 spiro atoms. The normalized spacial score (nSPS) is 12.8. The molecule has 0 fully saturated rings. The molecule has 0 aliphatic heterocycles. The van der Waals surface area contributed by atoms with Crippen LogP contribution in [-0.2, 0) is 20.6 Å². The molecule has 25 heavy (non-hydrogen) atoms. The molecule has 0 bridgehead atoms. The summed E-state index contributed by atoms with van der Waals surface area (Å²) in [5.41, 5.74) is 1.95. The fourth-order valence-electron chi connectivity index (χ4n) is 2.50. The van der Waals surface area contributed by atoms with Crippen LogP contribution in [0, 0.1) is 0 Å². The second kappa shape index (κ2) is 7.32. The molecule has 1 aromatic heterocycles. The zero-order chi connectivity index (χ0) is 17.9. The molecule has 6 nitrogen and oxygen atoms in total. The van der Waals surface area contributed by atoms with Crippen LogP contribution in [-0.4, -0.2) is 19.5 Å². The van der Waals surface area contributed by atoms with Crippen molar-refractivity contribution >= 4 is 37.4 Å². The van der Waals surface area contributed by atoms with Crippen molar-refractivity contribution < 1.29 is 18.4 Å². The van der Waals surface area contributed by atoms with Crippen LogP contribution in [0.4, 0.5) is 0 Å². The van der Waals surface area contributed by atoms with Crippen molar-refractivity contribution in [1.29, 1.82) is 0 Å². The topological polar surface area (TPSA) is 95.5 Å². The van der Waals surface area contributed by atoms with Gasteiger partial charge in [-0.1, -0.05) is 48.5 Å². The van der Waals surface area contributed by atoms with Gasteiger partial charge >= 0.3 is 0 Å². The first-order valence-corrected chi connectivity index (χ1v) is 9.92.